The molecule has 0 bridgehead atoms. The van der Waals surface area contributed by atoms with Crippen LogP contribution in [0.5, 0.6) is 0 Å². The summed E-state index contributed by atoms with van der Waals surface area (Å²) < 4.78 is 14.1. The Hall–Kier alpha value is -2.95. The molecule has 0 heterocycles. The third-order valence-electron chi connectivity index (χ3n) is 5.16. The maximum absolute atomic E-state index is 14.1. The monoisotopic (exact) mass is 367 g/mol. The van der Waals surface area contributed by atoms with Crippen LogP contribution in [0.1, 0.15) is 59.3 Å². The molecule has 0 aliphatic heterocycles. The van der Waals surface area contributed by atoms with Crippen molar-refractivity contribution >= 4 is 17.8 Å². The molecular formula is C22H22FNO3. The number of hydrogen-bond acceptors (Lipinski definition) is 3. The third kappa shape index (κ3) is 3.92. The van der Waals surface area contributed by atoms with Crippen molar-refractivity contribution in [2.45, 2.75) is 38.5 Å². The second kappa shape index (κ2) is 7.35. The summed E-state index contributed by atoms with van der Waals surface area (Å²) in [6.45, 7) is 4.42. The lowest BCUT2D eigenvalue weighted by Gasteiger charge is -2.33. The fourth-order valence-corrected chi connectivity index (χ4v) is 3.59. The van der Waals surface area contributed by atoms with Gasteiger partial charge in [-0.1, -0.05) is 37.2 Å². The molecule has 0 radical (unpaired) electrons. The van der Waals surface area contributed by atoms with Gasteiger partial charge in [-0.15, -0.1) is 0 Å². The summed E-state index contributed by atoms with van der Waals surface area (Å²) in [5.41, 5.74) is 3.81. The number of aromatic carboxylic acids is 1. The van der Waals surface area contributed by atoms with E-state index in [0.717, 1.165) is 30.9 Å². The largest absolute Gasteiger partial charge is 0.478 e. The van der Waals surface area contributed by atoms with Gasteiger partial charge in [-0.25, -0.2) is 9.18 Å². The first-order chi connectivity index (χ1) is 12.8. The predicted octanol–water partition coefficient (Wildman–Crippen LogP) is 5.03. The summed E-state index contributed by atoms with van der Waals surface area (Å²) in [7, 11) is 0. The molecular weight excluding hydrogens is 345 g/mol. The zero-order chi connectivity index (χ0) is 19.6. The van der Waals surface area contributed by atoms with Gasteiger partial charge in [-0.3, -0.25) is 0 Å². The molecule has 0 atom stereocenters. The maximum Gasteiger partial charge on any atom is 0.335 e. The second-order valence-electron chi connectivity index (χ2n) is 7.47. The van der Waals surface area contributed by atoms with Crippen LogP contribution >= 0.6 is 0 Å². The van der Waals surface area contributed by atoms with E-state index in [-0.39, 0.29) is 16.5 Å². The van der Waals surface area contributed by atoms with E-state index in [1.165, 1.54) is 35.4 Å². The van der Waals surface area contributed by atoms with Crippen LogP contribution < -0.4 is 0 Å². The van der Waals surface area contributed by atoms with Crippen molar-refractivity contribution in [3.63, 3.8) is 0 Å². The number of halogens is 1. The first kappa shape index (κ1) is 18.8. The average Bonchev–Trinajstić information content (AvgIpc) is 2.63. The normalized spacial score (nSPS) is 16.3. The van der Waals surface area contributed by atoms with Crippen molar-refractivity contribution < 1.29 is 19.5 Å². The number of nitrogens with zero attached hydrogens (tertiary/aromatic N) is 1. The first-order valence-electron chi connectivity index (χ1n) is 8.88. The number of benzene rings is 2. The maximum atomic E-state index is 14.1. The van der Waals surface area contributed by atoms with Crippen molar-refractivity contribution in [1.82, 2.24) is 0 Å². The zero-order valence-corrected chi connectivity index (χ0v) is 15.4. The second-order valence-corrected chi connectivity index (χ2v) is 7.47. The lowest BCUT2D eigenvalue weighted by Crippen LogP contribution is -2.24. The third-order valence-corrected chi connectivity index (χ3v) is 5.16. The Morgan fingerprint density at radius 3 is 2.59 bits per heavy atom. The van der Waals surface area contributed by atoms with E-state index in [2.05, 4.69) is 25.1 Å². The molecule has 0 amide bonds. The fraction of sp³-hybridized carbons (Fsp3) is 0.273. The van der Waals surface area contributed by atoms with Gasteiger partial charge in [-0.05, 0) is 66.2 Å². The molecule has 3 rings (SSSR count). The van der Waals surface area contributed by atoms with Crippen LogP contribution in [0.15, 0.2) is 47.6 Å². The quantitative estimate of drug-likeness (QED) is 0.452. The van der Waals surface area contributed by atoms with E-state index in [1.54, 1.807) is 0 Å². The van der Waals surface area contributed by atoms with Crippen molar-refractivity contribution in [3.8, 4) is 0 Å². The number of carboxylic acids is 1. The van der Waals surface area contributed by atoms with Gasteiger partial charge in [0.1, 0.15) is 11.5 Å². The number of hydrogen-bond donors (Lipinski definition) is 2. The summed E-state index contributed by atoms with van der Waals surface area (Å²) in [5, 5.41) is 21.7. The summed E-state index contributed by atoms with van der Waals surface area (Å²) in [5.74, 6) is -1.83. The van der Waals surface area contributed by atoms with Crippen LogP contribution in [-0.2, 0) is 11.8 Å². The van der Waals surface area contributed by atoms with Gasteiger partial charge in [0.25, 0.3) is 0 Å². The van der Waals surface area contributed by atoms with Gasteiger partial charge in [0, 0.05) is 11.1 Å². The van der Waals surface area contributed by atoms with E-state index >= 15 is 0 Å². The van der Waals surface area contributed by atoms with Crippen LogP contribution in [0.3, 0.4) is 0 Å². The molecule has 0 saturated carbocycles. The van der Waals surface area contributed by atoms with Gasteiger partial charge in [0.2, 0.25) is 0 Å². The highest BCUT2D eigenvalue weighted by Crippen LogP contribution is 2.37. The molecule has 1 aliphatic carbocycles. The van der Waals surface area contributed by atoms with Gasteiger partial charge >= 0.3 is 5.97 Å². The Labute approximate surface area is 157 Å². The molecule has 0 aromatic heterocycles. The molecule has 2 aromatic carbocycles. The highest BCUT2D eigenvalue weighted by Gasteiger charge is 2.27. The Morgan fingerprint density at radius 1 is 1.19 bits per heavy atom. The highest BCUT2D eigenvalue weighted by atomic mass is 19.1. The number of oxime groups is 1. The molecule has 140 valence electrons. The van der Waals surface area contributed by atoms with Crippen LogP contribution in [0.2, 0.25) is 0 Å². The minimum absolute atomic E-state index is 0.0621. The smallest absolute Gasteiger partial charge is 0.335 e. The molecule has 0 unspecified atom stereocenters. The van der Waals surface area contributed by atoms with E-state index in [0.29, 0.717) is 5.71 Å². The Balaban J connectivity index is 1.91. The topological polar surface area (TPSA) is 69.9 Å². The van der Waals surface area contributed by atoms with Gasteiger partial charge in [0.15, 0.2) is 0 Å². The summed E-state index contributed by atoms with van der Waals surface area (Å²) in [6.07, 6.45) is 6.30. The van der Waals surface area contributed by atoms with Crippen LogP contribution in [-0.4, -0.2) is 22.0 Å². The molecule has 4 nitrogen and oxygen atoms in total. The minimum atomic E-state index is -1.18. The molecule has 2 N–H and O–H groups in total. The van der Waals surface area contributed by atoms with Gasteiger partial charge in [0.05, 0.1) is 5.56 Å². The zero-order valence-electron chi connectivity index (χ0n) is 15.4. The number of carbonyl (C=O) groups is 1. The first-order valence-corrected chi connectivity index (χ1v) is 8.88. The molecule has 0 spiro atoms. The minimum Gasteiger partial charge on any atom is -0.478 e. The van der Waals surface area contributed by atoms with E-state index < -0.39 is 11.8 Å². The van der Waals surface area contributed by atoms with Crippen LogP contribution in [0.4, 0.5) is 4.39 Å². The van der Waals surface area contributed by atoms with Gasteiger partial charge < -0.3 is 10.3 Å². The van der Waals surface area contributed by atoms with E-state index in [9.17, 15) is 14.4 Å². The summed E-state index contributed by atoms with van der Waals surface area (Å²) in [4.78, 5) is 10.9. The molecule has 1 aliphatic rings. The number of carboxylic acid groups (broad SMARTS) is 1. The van der Waals surface area contributed by atoms with Crippen molar-refractivity contribution in [3.05, 3.63) is 76.1 Å². The average molecular weight is 367 g/mol. The molecule has 0 saturated heterocycles. The fourth-order valence-electron chi connectivity index (χ4n) is 3.59. The van der Waals surface area contributed by atoms with Crippen molar-refractivity contribution in [2.24, 2.45) is 5.16 Å². The lowest BCUT2D eigenvalue weighted by molar-refractivity contribution is 0.0696. The van der Waals surface area contributed by atoms with E-state index in [4.69, 9.17) is 5.11 Å². The van der Waals surface area contributed by atoms with Crippen LogP contribution in [0, 0.1) is 5.82 Å². The van der Waals surface area contributed by atoms with Crippen LogP contribution in [0.25, 0.3) is 6.08 Å². The van der Waals surface area contributed by atoms with Gasteiger partial charge in [-0.2, -0.15) is 0 Å². The van der Waals surface area contributed by atoms with Crippen molar-refractivity contribution in [1.29, 1.82) is 0 Å². The predicted molar refractivity (Wildman–Crippen MR) is 103 cm³/mol. The number of allylic oxidation sites excluding steroid dienone is 1. The molecule has 5 heteroatoms. The standard InChI is InChI=1S/C22H22FNO3/c1-22(2)11-3-4-14-5-7-16(12-18(14)22)20(24-27)10-9-15-6-8-17(21(25)26)13-19(15)23/h5-10,12-13,27H,3-4,11H2,1-2H3,(H,25,26)/b10-9-,24-20?. The SMILES string of the molecule is CC1(C)CCCc2ccc(C(/C=C\c3ccc(C(=O)O)cc3F)=NO)cc21. The number of rotatable bonds is 4. The van der Waals surface area contributed by atoms with Crippen molar-refractivity contribution in [2.75, 3.05) is 0 Å². The lowest BCUT2D eigenvalue weighted by atomic mass is 9.72. The van der Waals surface area contributed by atoms with E-state index in [1.807, 2.05) is 12.1 Å². The Morgan fingerprint density at radius 2 is 1.93 bits per heavy atom. The molecule has 0 fully saturated rings. The summed E-state index contributed by atoms with van der Waals surface area (Å²) >= 11 is 0. The molecule has 27 heavy (non-hydrogen) atoms. The Kier molecular flexibility index (Phi) is 5.13. The Bertz CT molecular complexity index is 945. The number of fused-ring (bicyclic) bond motifs is 1. The highest BCUT2D eigenvalue weighted by molar-refractivity contribution is 6.10. The summed E-state index contributed by atoms with van der Waals surface area (Å²) in [6, 6.07) is 9.70. The number of aryl methyl sites for hydroxylation is 1. The molecule has 2 aromatic rings.